The van der Waals surface area contributed by atoms with Gasteiger partial charge in [-0.1, -0.05) is 29.8 Å². The molecule has 6 heteroatoms. The van der Waals surface area contributed by atoms with Crippen molar-refractivity contribution in [3.8, 4) is 0 Å². The number of rotatable bonds is 2. The molecule has 0 saturated heterocycles. The van der Waals surface area contributed by atoms with Gasteiger partial charge in [0.1, 0.15) is 5.82 Å². The van der Waals surface area contributed by atoms with E-state index in [-0.39, 0.29) is 10.7 Å². The number of amides is 1. The molecule has 0 unspecified atom stereocenters. The smallest absolute Gasteiger partial charge is 0.260 e. The summed E-state index contributed by atoms with van der Waals surface area (Å²) in [5.74, 6) is -1.21. The van der Waals surface area contributed by atoms with Crippen LogP contribution in [0.4, 0.5) is 10.1 Å². The Balaban J connectivity index is 2.07. The minimum absolute atomic E-state index is 0.0653. The van der Waals surface area contributed by atoms with Crippen LogP contribution in [0.3, 0.4) is 0 Å². The van der Waals surface area contributed by atoms with Crippen molar-refractivity contribution in [2.45, 2.75) is 6.92 Å². The normalized spacial score (nSPS) is 10.0. The molecular weight excluding hydrogens is 311 g/mol. The van der Waals surface area contributed by atoms with Gasteiger partial charge in [-0.05, 0) is 49.0 Å². The third-order valence-electron chi connectivity index (χ3n) is 2.86. The SMILES string of the molecule is Cc1c(Cl)cccc1NC(=S)NC(=O)c1ccccc1F. The number of nitrogens with one attached hydrogen (secondary N) is 2. The van der Waals surface area contributed by atoms with Crippen molar-refractivity contribution in [2.24, 2.45) is 0 Å². The van der Waals surface area contributed by atoms with Crippen molar-refractivity contribution in [3.63, 3.8) is 0 Å². The minimum Gasteiger partial charge on any atom is -0.332 e. The van der Waals surface area contributed by atoms with E-state index in [0.717, 1.165) is 5.56 Å². The first kappa shape index (κ1) is 15.4. The first-order chi connectivity index (χ1) is 9.99. The average Bonchev–Trinajstić information content (AvgIpc) is 2.44. The summed E-state index contributed by atoms with van der Waals surface area (Å²) >= 11 is 11.0. The summed E-state index contributed by atoms with van der Waals surface area (Å²) in [6.07, 6.45) is 0. The third-order valence-corrected chi connectivity index (χ3v) is 3.48. The van der Waals surface area contributed by atoms with Crippen molar-refractivity contribution >= 4 is 40.5 Å². The molecule has 0 aliphatic heterocycles. The van der Waals surface area contributed by atoms with Crippen LogP contribution < -0.4 is 10.6 Å². The Morgan fingerprint density at radius 2 is 1.90 bits per heavy atom. The topological polar surface area (TPSA) is 41.1 Å². The Kier molecular flexibility index (Phi) is 4.88. The molecule has 0 heterocycles. The van der Waals surface area contributed by atoms with Crippen molar-refractivity contribution in [1.29, 1.82) is 0 Å². The van der Waals surface area contributed by atoms with Crippen LogP contribution in [0, 0.1) is 12.7 Å². The fourth-order valence-corrected chi connectivity index (χ4v) is 2.09. The summed E-state index contributed by atoms with van der Waals surface area (Å²) in [5, 5.41) is 5.96. The van der Waals surface area contributed by atoms with Crippen molar-refractivity contribution in [1.82, 2.24) is 5.32 Å². The van der Waals surface area contributed by atoms with Crippen molar-refractivity contribution in [2.75, 3.05) is 5.32 Å². The van der Waals surface area contributed by atoms with E-state index in [0.29, 0.717) is 10.7 Å². The number of benzene rings is 2. The van der Waals surface area contributed by atoms with Gasteiger partial charge in [0.15, 0.2) is 5.11 Å². The molecule has 0 spiro atoms. The fraction of sp³-hybridized carbons (Fsp3) is 0.0667. The Hall–Kier alpha value is -1.98. The second-order valence-electron chi connectivity index (χ2n) is 4.30. The zero-order valence-corrected chi connectivity index (χ0v) is 12.7. The molecule has 2 N–H and O–H groups in total. The molecule has 0 atom stereocenters. The highest BCUT2D eigenvalue weighted by molar-refractivity contribution is 7.80. The summed E-state index contributed by atoms with van der Waals surface area (Å²) in [7, 11) is 0. The molecule has 2 aromatic rings. The largest absolute Gasteiger partial charge is 0.332 e. The maximum atomic E-state index is 13.5. The van der Waals surface area contributed by atoms with E-state index in [2.05, 4.69) is 10.6 Å². The van der Waals surface area contributed by atoms with Gasteiger partial charge < -0.3 is 5.32 Å². The molecule has 108 valence electrons. The molecule has 21 heavy (non-hydrogen) atoms. The van der Waals surface area contributed by atoms with Gasteiger partial charge in [0.2, 0.25) is 0 Å². The second-order valence-corrected chi connectivity index (χ2v) is 5.12. The van der Waals surface area contributed by atoms with Crippen LogP contribution in [0.1, 0.15) is 15.9 Å². The molecule has 0 aliphatic carbocycles. The van der Waals surface area contributed by atoms with E-state index < -0.39 is 11.7 Å². The summed E-state index contributed by atoms with van der Waals surface area (Å²) in [6.45, 7) is 1.83. The fourth-order valence-electron chi connectivity index (χ4n) is 1.71. The number of carbonyl (C=O) groups is 1. The highest BCUT2D eigenvalue weighted by Crippen LogP contribution is 2.22. The van der Waals surface area contributed by atoms with Gasteiger partial charge in [-0.3, -0.25) is 10.1 Å². The Bertz CT molecular complexity index is 706. The van der Waals surface area contributed by atoms with Crippen LogP contribution in [0.5, 0.6) is 0 Å². The summed E-state index contributed by atoms with van der Waals surface area (Å²) in [5.41, 5.74) is 1.42. The predicted molar refractivity (Wildman–Crippen MR) is 86.3 cm³/mol. The van der Waals surface area contributed by atoms with Crippen molar-refractivity contribution < 1.29 is 9.18 Å². The number of hydrogen-bond acceptors (Lipinski definition) is 2. The lowest BCUT2D eigenvalue weighted by Gasteiger charge is -2.12. The summed E-state index contributed by atoms with van der Waals surface area (Å²) in [6, 6.07) is 11.0. The number of anilines is 1. The Morgan fingerprint density at radius 1 is 1.19 bits per heavy atom. The highest BCUT2D eigenvalue weighted by Gasteiger charge is 2.12. The van der Waals surface area contributed by atoms with E-state index in [4.69, 9.17) is 23.8 Å². The van der Waals surface area contributed by atoms with Gasteiger partial charge in [-0.25, -0.2) is 4.39 Å². The van der Waals surface area contributed by atoms with Crippen LogP contribution >= 0.6 is 23.8 Å². The van der Waals surface area contributed by atoms with Crippen LogP contribution in [0.15, 0.2) is 42.5 Å². The van der Waals surface area contributed by atoms with Gasteiger partial charge in [-0.15, -0.1) is 0 Å². The van der Waals surface area contributed by atoms with Crippen LogP contribution in [0.25, 0.3) is 0 Å². The predicted octanol–water partition coefficient (Wildman–Crippen LogP) is 3.91. The molecule has 0 aliphatic rings. The van der Waals surface area contributed by atoms with Crippen LogP contribution in [-0.2, 0) is 0 Å². The molecule has 0 aromatic heterocycles. The standard InChI is InChI=1S/C15H12ClFN2OS/c1-9-11(16)6-4-8-13(9)18-15(21)19-14(20)10-5-2-3-7-12(10)17/h2-8H,1H3,(H2,18,19,20,21). The maximum Gasteiger partial charge on any atom is 0.260 e. The van der Waals surface area contributed by atoms with Gasteiger partial charge in [0, 0.05) is 10.7 Å². The van der Waals surface area contributed by atoms with E-state index >= 15 is 0 Å². The monoisotopic (exact) mass is 322 g/mol. The summed E-state index contributed by atoms with van der Waals surface area (Å²) in [4.78, 5) is 11.9. The van der Waals surface area contributed by atoms with Gasteiger partial charge in [0.25, 0.3) is 5.91 Å². The molecular formula is C15H12ClFN2OS. The Morgan fingerprint density at radius 3 is 2.62 bits per heavy atom. The number of halogens is 2. The molecule has 2 aromatic carbocycles. The molecule has 2 rings (SSSR count). The average molecular weight is 323 g/mol. The lowest BCUT2D eigenvalue weighted by Crippen LogP contribution is -2.34. The van der Waals surface area contributed by atoms with E-state index in [1.54, 1.807) is 24.3 Å². The molecule has 0 radical (unpaired) electrons. The molecule has 0 fully saturated rings. The maximum absolute atomic E-state index is 13.5. The molecule has 0 bridgehead atoms. The Labute approximate surface area is 132 Å². The molecule has 1 amide bonds. The minimum atomic E-state index is -0.606. The van der Waals surface area contributed by atoms with Gasteiger partial charge in [0.05, 0.1) is 5.56 Å². The van der Waals surface area contributed by atoms with Gasteiger partial charge >= 0.3 is 0 Å². The van der Waals surface area contributed by atoms with E-state index in [1.807, 2.05) is 6.92 Å². The second kappa shape index (κ2) is 6.65. The van der Waals surface area contributed by atoms with Crippen LogP contribution in [-0.4, -0.2) is 11.0 Å². The lowest BCUT2D eigenvalue weighted by molar-refractivity contribution is 0.0974. The zero-order chi connectivity index (χ0) is 15.4. The first-order valence-corrected chi connectivity index (χ1v) is 6.89. The first-order valence-electron chi connectivity index (χ1n) is 6.11. The van der Waals surface area contributed by atoms with Crippen molar-refractivity contribution in [3.05, 3.63) is 64.4 Å². The lowest BCUT2D eigenvalue weighted by atomic mass is 10.2. The van der Waals surface area contributed by atoms with E-state index in [9.17, 15) is 9.18 Å². The molecule has 3 nitrogen and oxygen atoms in total. The molecule has 0 saturated carbocycles. The number of hydrogen-bond donors (Lipinski definition) is 2. The third kappa shape index (κ3) is 3.77. The number of carbonyl (C=O) groups excluding carboxylic acids is 1. The quantitative estimate of drug-likeness (QED) is 0.824. The van der Waals surface area contributed by atoms with Gasteiger partial charge in [-0.2, -0.15) is 0 Å². The number of thiocarbonyl (C=S) groups is 1. The van der Waals surface area contributed by atoms with E-state index in [1.165, 1.54) is 18.2 Å². The van der Waals surface area contributed by atoms with Crippen LogP contribution in [0.2, 0.25) is 5.02 Å². The summed E-state index contributed by atoms with van der Waals surface area (Å²) < 4.78 is 13.5. The highest BCUT2D eigenvalue weighted by atomic mass is 35.5. The zero-order valence-electron chi connectivity index (χ0n) is 11.1.